The standard InChI is InChI=1S/C27H27NO6/c29-23-16-28(27(31)34-19-22-14-8-3-9-15-22)24(25(23)32-17-20-10-4-1-5-11-20)26(30)33-18-21-12-6-2-7-13-21/h1-15,23-25,29H,16-19H2/t23-,24-,25+/m0/s1. The monoisotopic (exact) mass is 461 g/mol. The Morgan fingerprint density at radius 1 is 0.735 bits per heavy atom. The second-order valence-electron chi connectivity index (χ2n) is 8.06. The van der Waals surface area contributed by atoms with E-state index >= 15 is 0 Å². The Balaban J connectivity index is 1.47. The maximum Gasteiger partial charge on any atom is 0.411 e. The lowest BCUT2D eigenvalue weighted by Gasteiger charge is -2.26. The highest BCUT2D eigenvalue weighted by Gasteiger charge is 2.50. The van der Waals surface area contributed by atoms with Crippen LogP contribution in [0.1, 0.15) is 16.7 Å². The van der Waals surface area contributed by atoms with Crippen molar-refractivity contribution < 1.29 is 28.9 Å². The highest BCUT2D eigenvalue weighted by atomic mass is 16.6. The van der Waals surface area contributed by atoms with E-state index in [1.54, 1.807) is 0 Å². The Morgan fingerprint density at radius 2 is 1.21 bits per heavy atom. The van der Waals surface area contributed by atoms with Gasteiger partial charge in [0.25, 0.3) is 0 Å². The molecule has 0 unspecified atom stereocenters. The molecule has 1 fully saturated rings. The number of ether oxygens (including phenoxy) is 3. The zero-order chi connectivity index (χ0) is 23.8. The molecular formula is C27H27NO6. The number of rotatable bonds is 8. The lowest BCUT2D eigenvalue weighted by Crippen LogP contribution is -2.47. The first kappa shape index (κ1) is 23.5. The summed E-state index contributed by atoms with van der Waals surface area (Å²) < 4.78 is 16.9. The number of likely N-dealkylation sites (tertiary alicyclic amines) is 1. The number of benzene rings is 3. The van der Waals surface area contributed by atoms with Crippen LogP contribution in [0.5, 0.6) is 0 Å². The van der Waals surface area contributed by atoms with Crippen molar-refractivity contribution >= 4 is 12.1 Å². The topological polar surface area (TPSA) is 85.3 Å². The molecule has 7 nitrogen and oxygen atoms in total. The Bertz CT molecular complexity index is 1060. The van der Waals surface area contributed by atoms with Gasteiger partial charge in [-0.3, -0.25) is 4.90 Å². The molecule has 7 heteroatoms. The minimum Gasteiger partial charge on any atom is -0.459 e. The van der Waals surface area contributed by atoms with Gasteiger partial charge in [-0.2, -0.15) is 0 Å². The van der Waals surface area contributed by atoms with Gasteiger partial charge in [-0.15, -0.1) is 0 Å². The zero-order valence-corrected chi connectivity index (χ0v) is 18.7. The minimum atomic E-state index is -1.13. The molecule has 1 heterocycles. The van der Waals surface area contributed by atoms with Gasteiger partial charge in [0, 0.05) is 0 Å². The van der Waals surface area contributed by atoms with Crippen molar-refractivity contribution in [2.24, 2.45) is 0 Å². The molecule has 0 aliphatic carbocycles. The van der Waals surface area contributed by atoms with Crippen LogP contribution in [0.25, 0.3) is 0 Å². The van der Waals surface area contributed by atoms with Crippen LogP contribution in [-0.4, -0.2) is 46.9 Å². The van der Waals surface area contributed by atoms with Crippen LogP contribution in [-0.2, 0) is 38.8 Å². The third kappa shape index (κ3) is 6.01. The number of carbonyl (C=O) groups excluding carboxylic acids is 2. The zero-order valence-electron chi connectivity index (χ0n) is 18.7. The summed E-state index contributed by atoms with van der Waals surface area (Å²) in [6.07, 6.45) is -2.73. The minimum absolute atomic E-state index is 0.0462. The second kappa shape index (κ2) is 11.4. The highest BCUT2D eigenvalue weighted by molar-refractivity contribution is 5.83. The fourth-order valence-electron chi connectivity index (χ4n) is 3.84. The molecule has 0 bridgehead atoms. The van der Waals surface area contributed by atoms with Crippen molar-refractivity contribution in [1.29, 1.82) is 0 Å². The molecule has 176 valence electrons. The van der Waals surface area contributed by atoms with Crippen molar-refractivity contribution in [3.05, 3.63) is 108 Å². The van der Waals surface area contributed by atoms with Gasteiger partial charge in [-0.05, 0) is 16.7 Å². The van der Waals surface area contributed by atoms with Crippen LogP contribution in [0.3, 0.4) is 0 Å². The summed E-state index contributed by atoms with van der Waals surface area (Å²) in [5.74, 6) is -0.657. The predicted molar refractivity (Wildman–Crippen MR) is 124 cm³/mol. The number of hydrogen-bond acceptors (Lipinski definition) is 6. The Kier molecular flexibility index (Phi) is 7.91. The summed E-state index contributed by atoms with van der Waals surface area (Å²) in [6.45, 7) is 0.175. The van der Waals surface area contributed by atoms with Gasteiger partial charge >= 0.3 is 12.1 Å². The first-order valence-electron chi connectivity index (χ1n) is 11.1. The molecule has 1 aliphatic heterocycles. The third-order valence-electron chi connectivity index (χ3n) is 5.60. The van der Waals surface area contributed by atoms with E-state index in [4.69, 9.17) is 14.2 Å². The van der Waals surface area contributed by atoms with Crippen LogP contribution >= 0.6 is 0 Å². The van der Waals surface area contributed by atoms with E-state index in [0.29, 0.717) is 0 Å². The number of aliphatic hydroxyl groups is 1. The molecular weight excluding hydrogens is 434 g/mol. The molecule has 1 saturated heterocycles. The molecule has 0 spiro atoms. The Morgan fingerprint density at radius 3 is 1.74 bits per heavy atom. The summed E-state index contributed by atoms with van der Waals surface area (Å²) in [7, 11) is 0. The number of nitrogens with zero attached hydrogens (tertiary/aromatic N) is 1. The normalized spacial score (nSPS) is 19.6. The number of β-amino-alcohol motifs (C(OH)–C–C–N with tert-alkyl or cyclic N) is 1. The summed E-state index contributed by atoms with van der Waals surface area (Å²) in [6, 6.07) is 26.8. The van der Waals surface area contributed by atoms with E-state index in [9.17, 15) is 14.7 Å². The number of carbonyl (C=O) groups is 2. The van der Waals surface area contributed by atoms with Gasteiger partial charge in [0.1, 0.15) is 25.4 Å². The van der Waals surface area contributed by atoms with Crippen LogP contribution in [0, 0.1) is 0 Å². The van der Waals surface area contributed by atoms with Crippen molar-refractivity contribution in [3.63, 3.8) is 0 Å². The van der Waals surface area contributed by atoms with E-state index in [2.05, 4.69) is 0 Å². The van der Waals surface area contributed by atoms with Crippen LogP contribution in [0.4, 0.5) is 4.79 Å². The van der Waals surface area contributed by atoms with Crippen LogP contribution in [0.2, 0.25) is 0 Å². The van der Waals surface area contributed by atoms with Gasteiger partial charge in [0.05, 0.1) is 13.2 Å². The van der Waals surface area contributed by atoms with E-state index in [1.807, 2.05) is 91.0 Å². The SMILES string of the molecule is O=C(OCc1ccccc1)[C@@H]1[C@H](OCc2ccccc2)[C@@H](O)CN1C(=O)OCc1ccccc1. The van der Waals surface area contributed by atoms with Gasteiger partial charge in [-0.25, -0.2) is 9.59 Å². The number of aliphatic hydroxyl groups excluding tert-OH is 1. The fraction of sp³-hybridized carbons (Fsp3) is 0.259. The molecule has 0 aromatic heterocycles. The molecule has 1 N–H and O–H groups in total. The van der Waals surface area contributed by atoms with Gasteiger partial charge in [-0.1, -0.05) is 91.0 Å². The maximum atomic E-state index is 13.1. The number of hydrogen-bond donors (Lipinski definition) is 1. The van der Waals surface area contributed by atoms with Crippen molar-refractivity contribution in [2.75, 3.05) is 6.54 Å². The van der Waals surface area contributed by atoms with Gasteiger partial charge in [0.15, 0.2) is 6.04 Å². The molecule has 0 radical (unpaired) electrons. The lowest BCUT2D eigenvalue weighted by atomic mass is 10.1. The Hall–Kier alpha value is -3.68. The number of amides is 1. The third-order valence-corrected chi connectivity index (χ3v) is 5.60. The van der Waals surface area contributed by atoms with Crippen LogP contribution < -0.4 is 0 Å². The molecule has 1 aliphatic rings. The molecule has 3 aromatic carbocycles. The van der Waals surface area contributed by atoms with E-state index < -0.39 is 30.3 Å². The van der Waals surface area contributed by atoms with E-state index in [0.717, 1.165) is 16.7 Å². The van der Waals surface area contributed by atoms with Gasteiger partial charge < -0.3 is 19.3 Å². The van der Waals surface area contributed by atoms with E-state index in [-0.39, 0.29) is 26.4 Å². The largest absolute Gasteiger partial charge is 0.459 e. The second-order valence-corrected chi connectivity index (χ2v) is 8.06. The molecule has 1 amide bonds. The average Bonchev–Trinajstić information content (AvgIpc) is 3.22. The fourth-order valence-corrected chi connectivity index (χ4v) is 3.84. The molecule has 34 heavy (non-hydrogen) atoms. The highest BCUT2D eigenvalue weighted by Crippen LogP contribution is 2.26. The molecule has 0 saturated carbocycles. The smallest absolute Gasteiger partial charge is 0.411 e. The molecule has 4 rings (SSSR count). The predicted octanol–water partition coefficient (Wildman–Crippen LogP) is 3.70. The lowest BCUT2D eigenvalue weighted by molar-refractivity contribution is -0.155. The summed E-state index contributed by atoms with van der Waals surface area (Å²) in [5.41, 5.74) is 2.52. The first-order valence-corrected chi connectivity index (χ1v) is 11.1. The van der Waals surface area contributed by atoms with Crippen molar-refractivity contribution in [1.82, 2.24) is 4.90 Å². The first-order chi connectivity index (χ1) is 16.6. The van der Waals surface area contributed by atoms with Crippen LogP contribution in [0.15, 0.2) is 91.0 Å². The van der Waals surface area contributed by atoms with E-state index in [1.165, 1.54) is 4.90 Å². The van der Waals surface area contributed by atoms with Gasteiger partial charge in [0.2, 0.25) is 0 Å². The quantitative estimate of drug-likeness (QED) is 0.515. The average molecular weight is 462 g/mol. The summed E-state index contributed by atoms with van der Waals surface area (Å²) in [5, 5.41) is 10.7. The molecule has 3 aromatic rings. The van der Waals surface area contributed by atoms with Crippen molar-refractivity contribution in [3.8, 4) is 0 Å². The maximum absolute atomic E-state index is 13.1. The number of esters is 1. The summed E-state index contributed by atoms with van der Waals surface area (Å²) >= 11 is 0. The molecule has 3 atom stereocenters. The van der Waals surface area contributed by atoms with Crippen molar-refractivity contribution in [2.45, 2.75) is 38.1 Å². The Labute approximate surface area is 198 Å². The summed E-state index contributed by atoms with van der Waals surface area (Å²) in [4.78, 5) is 27.2.